The number of ether oxygens (including phenoxy) is 10. The van der Waals surface area contributed by atoms with Gasteiger partial charge in [-0.05, 0) is 58.9 Å². The van der Waals surface area contributed by atoms with Gasteiger partial charge in [0.05, 0.1) is 78.1 Å². The number of methoxy groups -OCH3 is 3. The lowest BCUT2D eigenvalue weighted by Gasteiger charge is -2.55. The fourth-order valence-electron chi connectivity index (χ4n) is 14.2. The van der Waals surface area contributed by atoms with E-state index < -0.39 is 101 Å². The Balaban J connectivity index is 0.971. The number of amides is 2. The number of carbonyl (C=O) groups excluding carboxylic acids is 2. The van der Waals surface area contributed by atoms with Crippen LogP contribution in [0, 0.1) is 47.3 Å². The van der Waals surface area contributed by atoms with Crippen molar-refractivity contribution in [1.82, 2.24) is 4.90 Å². The van der Waals surface area contributed by atoms with Crippen molar-refractivity contribution >= 4 is 12.0 Å². The number of benzene rings is 1. The lowest BCUT2D eigenvalue weighted by Crippen LogP contribution is -2.66. The van der Waals surface area contributed by atoms with Crippen LogP contribution in [0.1, 0.15) is 114 Å². The molecule has 7 aliphatic rings. The van der Waals surface area contributed by atoms with Crippen molar-refractivity contribution in [2.75, 3.05) is 27.9 Å². The van der Waals surface area contributed by atoms with Crippen LogP contribution in [0.4, 0.5) is 4.79 Å². The first-order valence-corrected chi connectivity index (χ1v) is 25.7. The molecule has 16 heteroatoms. The second-order valence-electron chi connectivity index (χ2n) is 23.0. The number of cyclic esters (lactones) is 1. The van der Waals surface area contributed by atoms with E-state index in [1.54, 1.807) is 35.2 Å². The van der Waals surface area contributed by atoms with Gasteiger partial charge in [-0.3, -0.25) is 4.79 Å². The Morgan fingerprint density at radius 3 is 2.06 bits per heavy atom. The molecule has 7 fully saturated rings. The third-order valence-electron chi connectivity index (χ3n) is 18.6. The summed E-state index contributed by atoms with van der Waals surface area (Å²) in [4.78, 5) is 28.7. The van der Waals surface area contributed by atoms with E-state index in [2.05, 4.69) is 27.7 Å². The highest BCUT2D eigenvalue weighted by Gasteiger charge is 2.65. The summed E-state index contributed by atoms with van der Waals surface area (Å²) >= 11 is 0. The number of hydrogen-bond donors (Lipinski definition) is 3. The second-order valence-corrected chi connectivity index (χ2v) is 23.0. The van der Waals surface area contributed by atoms with Crippen LogP contribution in [0.5, 0.6) is 0 Å². The fraction of sp³-hybridized carbons (Fsp3) is 0.849. The smallest absolute Gasteiger partial charge is 0.416 e. The lowest BCUT2D eigenvalue weighted by molar-refractivity contribution is -0.365. The van der Waals surface area contributed by atoms with E-state index in [0.717, 1.165) is 10.5 Å². The first-order chi connectivity index (χ1) is 32.4. The second kappa shape index (κ2) is 19.5. The predicted molar refractivity (Wildman–Crippen MR) is 251 cm³/mol. The summed E-state index contributed by atoms with van der Waals surface area (Å²) in [6.45, 7) is 21.4. The Labute approximate surface area is 409 Å². The number of rotatable bonds is 12. The SMILES string of the molecule is CO[C@@H]1[C@H](C)[C@H]([C@]2(C)CC[C@H]([C@]3(C)CC[C@]4(C[C@H](O)[C@@H](C)[C@@H]([C@@H](C)[C@H]5O[C@@](O)([C@H](C)C(=O)N6C(=O)OC[C@@H]6Cc6ccccc6)[C@H](C)[C@@H](OC)[C@H]5C)O4)O3)O2)O[C@H]1[C@H]1O[C@](C)(O)[C@H](C)[C@@H](OC)[C@@H]1C. The topological polar surface area (TPSA) is 190 Å². The van der Waals surface area contributed by atoms with Gasteiger partial charge in [0.25, 0.3) is 0 Å². The molecule has 69 heavy (non-hydrogen) atoms. The molecule has 8 rings (SSSR count). The third-order valence-corrected chi connectivity index (χ3v) is 18.6. The first-order valence-electron chi connectivity index (χ1n) is 25.7. The molecular formula is C53H83NO15. The molecule has 7 heterocycles. The van der Waals surface area contributed by atoms with Gasteiger partial charge in [0.15, 0.2) is 17.4 Å². The van der Waals surface area contributed by atoms with Crippen molar-refractivity contribution in [2.45, 2.75) is 210 Å². The molecule has 2 amide bonds. The zero-order valence-corrected chi connectivity index (χ0v) is 43.5. The summed E-state index contributed by atoms with van der Waals surface area (Å²) in [5.74, 6) is -8.43. The summed E-state index contributed by atoms with van der Waals surface area (Å²) in [5, 5.41) is 35.9. The van der Waals surface area contributed by atoms with E-state index in [4.69, 9.17) is 47.4 Å². The summed E-state index contributed by atoms with van der Waals surface area (Å²) < 4.78 is 65.2. The number of aliphatic hydroxyl groups excluding tert-OH is 1. The molecule has 1 spiro atoms. The number of imide groups is 1. The molecule has 16 nitrogen and oxygen atoms in total. The number of hydrogen-bond acceptors (Lipinski definition) is 15. The van der Waals surface area contributed by atoms with Gasteiger partial charge in [-0.25, -0.2) is 9.69 Å². The monoisotopic (exact) mass is 974 g/mol. The third kappa shape index (κ3) is 9.14. The maximum Gasteiger partial charge on any atom is 0.416 e. The van der Waals surface area contributed by atoms with Crippen LogP contribution in [0.15, 0.2) is 30.3 Å². The van der Waals surface area contributed by atoms with Crippen LogP contribution in [0.3, 0.4) is 0 Å². The summed E-state index contributed by atoms with van der Waals surface area (Å²) in [6, 6.07) is 9.05. The molecule has 0 aromatic heterocycles. The fourth-order valence-corrected chi connectivity index (χ4v) is 14.2. The van der Waals surface area contributed by atoms with Crippen LogP contribution >= 0.6 is 0 Å². The van der Waals surface area contributed by atoms with E-state index in [1.165, 1.54) is 0 Å². The van der Waals surface area contributed by atoms with Gasteiger partial charge in [-0.1, -0.05) is 78.8 Å². The number of carbonyl (C=O) groups is 2. The van der Waals surface area contributed by atoms with E-state index in [9.17, 15) is 24.9 Å². The van der Waals surface area contributed by atoms with Crippen molar-refractivity contribution in [3.63, 3.8) is 0 Å². The Bertz CT molecular complexity index is 1980. The van der Waals surface area contributed by atoms with Gasteiger partial charge in [0.2, 0.25) is 5.91 Å². The molecular weight excluding hydrogens is 891 g/mol. The van der Waals surface area contributed by atoms with E-state index in [-0.39, 0.29) is 67.0 Å². The van der Waals surface area contributed by atoms with E-state index >= 15 is 0 Å². The predicted octanol–water partition coefficient (Wildman–Crippen LogP) is 6.03. The average molecular weight is 974 g/mol. The molecule has 0 bridgehead atoms. The van der Waals surface area contributed by atoms with Crippen molar-refractivity contribution < 1.29 is 72.3 Å². The molecule has 0 aliphatic carbocycles. The zero-order chi connectivity index (χ0) is 50.3. The highest BCUT2D eigenvalue weighted by molar-refractivity contribution is 5.95. The molecule has 0 radical (unpaired) electrons. The Hall–Kier alpha value is -2.32. The highest BCUT2D eigenvalue weighted by atomic mass is 16.7. The van der Waals surface area contributed by atoms with Crippen LogP contribution in [-0.4, -0.2) is 156 Å². The maximum atomic E-state index is 14.4. The number of aliphatic hydroxyl groups is 3. The molecule has 0 unspecified atom stereocenters. The highest BCUT2D eigenvalue weighted by Crippen LogP contribution is 2.55. The minimum absolute atomic E-state index is 0.0485. The van der Waals surface area contributed by atoms with Crippen molar-refractivity contribution in [3.05, 3.63) is 35.9 Å². The molecule has 7 aliphatic heterocycles. The Morgan fingerprint density at radius 2 is 1.41 bits per heavy atom. The minimum Gasteiger partial charge on any atom is -0.447 e. The average Bonchev–Trinajstić information content (AvgIpc) is 4.08. The maximum absolute atomic E-state index is 14.4. The molecule has 7 saturated heterocycles. The lowest BCUT2D eigenvalue weighted by atomic mass is 9.71. The van der Waals surface area contributed by atoms with Crippen LogP contribution in [-0.2, 0) is 58.6 Å². The van der Waals surface area contributed by atoms with E-state index in [1.807, 2.05) is 65.0 Å². The molecule has 390 valence electrons. The minimum atomic E-state index is -2.04. The van der Waals surface area contributed by atoms with Crippen molar-refractivity contribution in [1.29, 1.82) is 0 Å². The van der Waals surface area contributed by atoms with Crippen molar-refractivity contribution in [2.24, 2.45) is 47.3 Å². The summed E-state index contributed by atoms with van der Waals surface area (Å²) in [6.07, 6.45) is -2.24. The summed E-state index contributed by atoms with van der Waals surface area (Å²) in [5.41, 5.74) is -0.500. The Kier molecular flexibility index (Phi) is 15.0. The zero-order valence-electron chi connectivity index (χ0n) is 43.5. The summed E-state index contributed by atoms with van der Waals surface area (Å²) in [7, 11) is 4.96. The van der Waals surface area contributed by atoms with Gasteiger partial charge in [0.1, 0.15) is 12.7 Å². The largest absolute Gasteiger partial charge is 0.447 e. The standard InChI is InChI=1S/C53H83NO15/c1-27-37(55)25-52(23-22-49(9,69-52)38-20-21-50(10,65-38)46-31(5)43(62-14)45(64-46)44-30(4)41(60-12)32(6)51(11,58)66-44)67-39(27)28(2)40-29(3)42(61-13)33(7)53(59,68-40)34(8)47(56)54-36(26-63-48(54)57)24-35-18-16-15-17-19-35/h15-19,27-34,36-46,55,58-59H,20-26H2,1-14H3/t27-,28-,29+,30+,31+,32-,33-,34-,36+,37+,38-,39+,40-,41+,42+,43-,44+,45-,46-,49+,50+,51+,52-,53-/m1/s1. The van der Waals surface area contributed by atoms with Gasteiger partial charge < -0.3 is 62.7 Å². The van der Waals surface area contributed by atoms with Gasteiger partial charge in [-0.15, -0.1) is 0 Å². The van der Waals surface area contributed by atoms with Crippen LogP contribution < -0.4 is 0 Å². The van der Waals surface area contributed by atoms with E-state index in [0.29, 0.717) is 32.1 Å². The van der Waals surface area contributed by atoms with Crippen LogP contribution in [0.25, 0.3) is 0 Å². The number of nitrogens with zero attached hydrogens (tertiary/aromatic N) is 1. The first kappa shape index (κ1) is 53.0. The van der Waals surface area contributed by atoms with Crippen molar-refractivity contribution in [3.8, 4) is 0 Å². The van der Waals surface area contributed by atoms with Crippen LogP contribution in [0.2, 0.25) is 0 Å². The molecule has 3 N–H and O–H groups in total. The van der Waals surface area contributed by atoms with Gasteiger partial charge in [0, 0.05) is 75.6 Å². The Morgan fingerprint density at radius 1 is 0.768 bits per heavy atom. The van der Waals surface area contributed by atoms with Gasteiger partial charge >= 0.3 is 6.09 Å². The van der Waals surface area contributed by atoms with Gasteiger partial charge in [-0.2, -0.15) is 0 Å². The normalized spacial score (nSPS) is 50.1. The molecule has 24 atom stereocenters. The molecule has 1 aromatic rings. The molecule has 1 aromatic carbocycles. The molecule has 0 saturated carbocycles. The quantitative estimate of drug-likeness (QED) is 0.220.